The summed E-state index contributed by atoms with van der Waals surface area (Å²) in [4.78, 5) is 10.2. The van der Waals surface area contributed by atoms with Crippen molar-refractivity contribution in [1.29, 1.82) is 0 Å². The van der Waals surface area contributed by atoms with E-state index in [0.29, 0.717) is 25.2 Å². The molecule has 0 unspecified atom stereocenters. The topological polar surface area (TPSA) is 70.8 Å². The molecule has 6 heteroatoms. The van der Waals surface area contributed by atoms with E-state index in [-0.39, 0.29) is 11.2 Å². The van der Waals surface area contributed by atoms with Gasteiger partial charge in [0.15, 0.2) is 0 Å². The molecule has 114 valence electrons. The number of nitrogen functional groups attached to an aromatic ring is 1. The van der Waals surface area contributed by atoms with Crippen molar-refractivity contribution in [1.82, 2.24) is 0 Å². The van der Waals surface area contributed by atoms with Gasteiger partial charge in [-0.2, -0.15) is 0 Å². The number of carbonyl (C=O) groups excluding carboxylic acids is 1. The minimum absolute atomic E-state index is 0.329. The molecule has 0 amide bonds. The van der Waals surface area contributed by atoms with Crippen molar-refractivity contribution in [3.05, 3.63) is 23.8 Å². The van der Waals surface area contributed by atoms with E-state index in [1.165, 1.54) is 0 Å². The Balaban J connectivity index is 2.19. The Hall–Kier alpha value is -1.53. The molecule has 0 spiro atoms. The first-order valence-electron chi connectivity index (χ1n) is 7.05. The number of anilines is 1. The van der Waals surface area contributed by atoms with Crippen molar-refractivity contribution in [2.24, 2.45) is 0 Å². The van der Waals surface area contributed by atoms with Gasteiger partial charge in [-0.15, -0.1) is 0 Å². The smallest absolute Gasteiger partial charge is 0.468 e. The quantitative estimate of drug-likeness (QED) is 0.383. The number of benzene rings is 1. The summed E-state index contributed by atoms with van der Waals surface area (Å²) in [6.07, 6.45) is 0.607. The van der Waals surface area contributed by atoms with E-state index in [4.69, 9.17) is 19.8 Å². The van der Waals surface area contributed by atoms with Gasteiger partial charge in [-0.25, -0.2) is 0 Å². The van der Waals surface area contributed by atoms with Gasteiger partial charge in [0.1, 0.15) is 0 Å². The van der Waals surface area contributed by atoms with Crippen LogP contribution in [-0.4, -0.2) is 31.4 Å². The Kier molecular flexibility index (Phi) is 4.30. The summed E-state index contributed by atoms with van der Waals surface area (Å²) < 4.78 is 16.8. The lowest BCUT2D eigenvalue weighted by molar-refractivity contribution is -0.128. The summed E-state index contributed by atoms with van der Waals surface area (Å²) in [6, 6.07) is 5.70. The van der Waals surface area contributed by atoms with E-state index in [9.17, 15) is 4.79 Å². The third-order valence-electron chi connectivity index (χ3n) is 4.14. The van der Waals surface area contributed by atoms with Crippen LogP contribution in [0.5, 0.6) is 0 Å². The standard InChI is InChI=1S/C15H22BNO4/c1-14(2)15(3,4)21-16(20-14)12-7-11(5-6-19-10-18)8-13(17)9-12/h7-10H,5-6,17H2,1-4H3. The maximum atomic E-state index is 10.2. The van der Waals surface area contributed by atoms with Gasteiger partial charge in [0, 0.05) is 12.1 Å². The molecule has 1 aliphatic rings. The average Bonchev–Trinajstić information content (AvgIpc) is 2.58. The molecule has 5 nitrogen and oxygen atoms in total. The summed E-state index contributed by atoms with van der Waals surface area (Å²) in [5.74, 6) is 0. The van der Waals surface area contributed by atoms with Crippen molar-refractivity contribution in [3.8, 4) is 0 Å². The van der Waals surface area contributed by atoms with Gasteiger partial charge in [0.2, 0.25) is 0 Å². The van der Waals surface area contributed by atoms with Crippen molar-refractivity contribution in [3.63, 3.8) is 0 Å². The second kappa shape index (κ2) is 5.69. The van der Waals surface area contributed by atoms with Gasteiger partial charge in [-0.05, 0) is 50.9 Å². The van der Waals surface area contributed by atoms with Gasteiger partial charge >= 0.3 is 7.12 Å². The molecule has 0 atom stereocenters. The van der Waals surface area contributed by atoms with E-state index < -0.39 is 7.12 Å². The molecule has 0 radical (unpaired) electrons. The van der Waals surface area contributed by atoms with E-state index in [1.54, 1.807) is 0 Å². The molecule has 1 aromatic carbocycles. The number of rotatable bonds is 5. The van der Waals surface area contributed by atoms with Crippen molar-refractivity contribution in [2.45, 2.75) is 45.3 Å². The lowest BCUT2D eigenvalue weighted by Crippen LogP contribution is -2.41. The van der Waals surface area contributed by atoms with Gasteiger partial charge < -0.3 is 19.8 Å². The predicted octanol–water partition coefficient (Wildman–Crippen LogP) is 1.28. The Bertz CT molecular complexity index is 514. The van der Waals surface area contributed by atoms with E-state index in [1.807, 2.05) is 45.9 Å². The van der Waals surface area contributed by atoms with Crippen LogP contribution in [0.2, 0.25) is 0 Å². The number of hydrogen-bond donors (Lipinski definition) is 1. The second-order valence-corrected chi connectivity index (χ2v) is 6.31. The number of hydrogen-bond acceptors (Lipinski definition) is 5. The SMILES string of the molecule is CC1(C)OB(c2cc(N)cc(CCOC=O)c2)OC1(C)C. The molecule has 1 heterocycles. The van der Waals surface area contributed by atoms with Crippen LogP contribution in [0.25, 0.3) is 0 Å². The highest BCUT2D eigenvalue weighted by atomic mass is 16.7. The first-order valence-corrected chi connectivity index (χ1v) is 7.05. The van der Waals surface area contributed by atoms with E-state index >= 15 is 0 Å². The minimum Gasteiger partial charge on any atom is -0.468 e. The molecule has 1 aliphatic heterocycles. The first kappa shape index (κ1) is 15.9. The lowest BCUT2D eigenvalue weighted by Gasteiger charge is -2.32. The zero-order chi connectivity index (χ0) is 15.7. The molecule has 0 aromatic heterocycles. The number of ether oxygens (including phenoxy) is 1. The van der Waals surface area contributed by atoms with Gasteiger partial charge in [-0.3, -0.25) is 4.79 Å². The molecule has 1 fully saturated rings. The number of nitrogens with two attached hydrogens (primary N) is 1. The fraction of sp³-hybridized carbons (Fsp3) is 0.533. The zero-order valence-corrected chi connectivity index (χ0v) is 13.0. The maximum absolute atomic E-state index is 10.2. The predicted molar refractivity (Wildman–Crippen MR) is 82.3 cm³/mol. The van der Waals surface area contributed by atoms with Crippen LogP contribution in [0, 0.1) is 0 Å². The molecular weight excluding hydrogens is 269 g/mol. The van der Waals surface area contributed by atoms with Gasteiger partial charge in [0.05, 0.1) is 17.8 Å². The van der Waals surface area contributed by atoms with Crippen molar-refractivity contribution < 1.29 is 18.8 Å². The van der Waals surface area contributed by atoms with Crippen LogP contribution < -0.4 is 11.2 Å². The molecule has 0 saturated carbocycles. The minimum atomic E-state index is -0.441. The van der Waals surface area contributed by atoms with E-state index in [2.05, 4.69) is 0 Å². The molecular formula is C15H22BNO4. The highest BCUT2D eigenvalue weighted by Gasteiger charge is 2.51. The van der Waals surface area contributed by atoms with Crippen LogP contribution in [0.3, 0.4) is 0 Å². The largest absolute Gasteiger partial charge is 0.494 e. The lowest BCUT2D eigenvalue weighted by atomic mass is 9.78. The summed E-state index contributed by atoms with van der Waals surface area (Å²) in [7, 11) is -0.441. The molecule has 21 heavy (non-hydrogen) atoms. The molecule has 1 aromatic rings. The average molecular weight is 291 g/mol. The molecule has 2 N–H and O–H groups in total. The van der Waals surface area contributed by atoms with Crippen molar-refractivity contribution in [2.75, 3.05) is 12.3 Å². The van der Waals surface area contributed by atoms with Crippen LogP contribution in [-0.2, 0) is 25.3 Å². The summed E-state index contributed by atoms with van der Waals surface area (Å²) in [5.41, 5.74) is 7.69. The summed E-state index contributed by atoms with van der Waals surface area (Å²) in [6.45, 7) is 8.82. The third-order valence-corrected chi connectivity index (χ3v) is 4.14. The van der Waals surface area contributed by atoms with Crippen molar-refractivity contribution >= 4 is 24.7 Å². The fourth-order valence-corrected chi connectivity index (χ4v) is 2.23. The Morgan fingerprint density at radius 1 is 1.19 bits per heavy atom. The first-order chi connectivity index (χ1) is 9.75. The van der Waals surface area contributed by atoms with Crippen LogP contribution in [0.1, 0.15) is 33.3 Å². The van der Waals surface area contributed by atoms with Gasteiger partial charge in [-0.1, -0.05) is 6.07 Å². The monoisotopic (exact) mass is 291 g/mol. The molecule has 0 bridgehead atoms. The normalized spacial score (nSPS) is 19.5. The highest BCUT2D eigenvalue weighted by molar-refractivity contribution is 6.62. The molecule has 2 rings (SSSR count). The van der Waals surface area contributed by atoms with E-state index in [0.717, 1.165) is 11.0 Å². The summed E-state index contributed by atoms with van der Waals surface area (Å²) >= 11 is 0. The number of carbonyl (C=O) groups is 1. The fourth-order valence-electron chi connectivity index (χ4n) is 2.23. The molecule has 1 saturated heterocycles. The highest BCUT2D eigenvalue weighted by Crippen LogP contribution is 2.36. The Labute approximate surface area is 125 Å². The third kappa shape index (κ3) is 3.39. The Morgan fingerprint density at radius 3 is 2.38 bits per heavy atom. The summed E-state index contributed by atoms with van der Waals surface area (Å²) in [5, 5.41) is 0. The maximum Gasteiger partial charge on any atom is 0.494 e. The van der Waals surface area contributed by atoms with Gasteiger partial charge in [0.25, 0.3) is 6.47 Å². The molecule has 0 aliphatic carbocycles. The zero-order valence-electron chi connectivity index (χ0n) is 13.0. The van der Waals surface area contributed by atoms with Crippen LogP contribution in [0.4, 0.5) is 5.69 Å². The Morgan fingerprint density at radius 2 is 1.81 bits per heavy atom. The van der Waals surface area contributed by atoms with Crippen LogP contribution >= 0.6 is 0 Å². The second-order valence-electron chi connectivity index (χ2n) is 6.31. The van der Waals surface area contributed by atoms with Crippen LogP contribution in [0.15, 0.2) is 18.2 Å².